The third kappa shape index (κ3) is 1.94. The van der Waals surface area contributed by atoms with Crippen molar-refractivity contribution < 1.29 is 9.53 Å². The number of ether oxygens (including phenoxy) is 1. The first-order valence-corrected chi connectivity index (χ1v) is 5.37. The topological polar surface area (TPSA) is 29.5 Å². The number of carbonyl (C=O) groups is 1. The molecule has 16 heavy (non-hydrogen) atoms. The van der Waals surface area contributed by atoms with Crippen LogP contribution in [0.1, 0.15) is 18.5 Å². The van der Waals surface area contributed by atoms with Crippen molar-refractivity contribution in [2.75, 3.05) is 6.54 Å². The van der Waals surface area contributed by atoms with Crippen molar-refractivity contribution in [1.29, 1.82) is 0 Å². The van der Waals surface area contributed by atoms with Crippen LogP contribution in [-0.4, -0.2) is 23.6 Å². The largest absolute Gasteiger partial charge is 0.440 e. The number of carbonyl (C=O) groups excluding carboxylic acids is 1. The molecule has 1 heterocycles. The highest BCUT2D eigenvalue weighted by Gasteiger charge is 2.33. The molecule has 0 unspecified atom stereocenters. The van der Waals surface area contributed by atoms with Gasteiger partial charge in [0.2, 0.25) is 0 Å². The molecule has 0 N–H and O–H groups in total. The minimum Gasteiger partial charge on any atom is -0.440 e. The van der Waals surface area contributed by atoms with Crippen molar-refractivity contribution in [2.45, 2.75) is 19.1 Å². The number of rotatable bonds is 3. The molecular formula is C13H15NO2. The second-order valence-corrected chi connectivity index (χ2v) is 3.90. The molecule has 0 aliphatic carbocycles. The highest BCUT2D eigenvalue weighted by atomic mass is 16.6. The van der Waals surface area contributed by atoms with Crippen LogP contribution in [0.2, 0.25) is 0 Å². The van der Waals surface area contributed by atoms with E-state index in [1.807, 2.05) is 37.3 Å². The van der Waals surface area contributed by atoms with Gasteiger partial charge < -0.3 is 4.74 Å². The summed E-state index contributed by atoms with van der Waals surface area (Å²) in [6.07, 6.45) is 1.22. The van der Waals surface area contributed by atoms with Crippen LogP contribution in [0.5, 0.6) is 0 Å². The van der Waals surface area contributed by atoms with Gasteiger partial charge in [0.15, 0.2) is 0 Å². The summed E-state index contributed by atoms with van der Waals surface area (Å²) in [5.41, 5.74) is 1.11. The minimum atomic E-state index is -0.263. The average Bonchev–Trinajstić information content (AvgIpc) is 2.71. The lowest BCUT2D eigenvalue weighted by Crippen LogP contribution is -2.28. The van der Waals surface area contributed by atoms with Gasteiger partial charge in [0.25, 0.3) is 0 Å². The molecule has 0 radical (unpaired) electrons. The third-order valence-corrected chi connectivity index (χ3v) is 2.88. The van der Waals surface area contributed by atoms with E-state index in [0.717, 1.165) is 5.56 Å². The number of hydrogen-bond donors (Lipinski definition) is 0. The number of hydrogen-bond acceptors (Lipinski definition) is 2. The standard InChI is InChI=1S/C13H15NO2/c1-3-12-9-14(13(15)16-12)10(2)11-7-5-4-6-8-11/h3-8,10,12H,1,9H2,2H3/t10-,12-/m0/s1. The maximum Gasteiger partial charge on any atom is 0.411 e. The van der Waals surface area contributed by atoms with Crippen LogP contribution in [0.25, 0.3) is 0 Å². The van der Waals surface area contributed by atoms with Gasteiger partial charge in [-0.25, -0.2) is 4.79 Å². The lowest BCUT2D eigenvalue weighted by Gasteiger charge is -2.21. The van der Waals surface area contributed by atoms with Crippen LogP contribution >= 0.6 is 0 Å². The summed E-state index contributed by atoms with van der Waals surface area (Å²) in [5.74, 6) is 0. The summed E-state index contributed by atoms with van der Waals surface area (Å²) >= 11 is 0. The zero-order chi connectivity index (χ0) is 11.5. The maximum absolute atomic E-state index is 11.6. The molecular weight excluding hydrogens is 202 g/mol. The second kappa shape index (κ2) is 4.39. The van der Waals surface area contributed by atoms with Crippen LogP contribution < -0.4 is 0 Å². The van der Waals surface area contributed by atoms with Gasteiger partial charge in [-0.1, -0.05) is 36.9 Å². The molecule has 1 fully saturated rings. The van der Waals surface area contributed by atoms with Crippen LogP contribution in [0.3, 0.4) is 0 Å². The van der Waals surface area contributed by atoms with E-state index in [1.54, 1.807) is 11.0 Å². The number of benzene rings is 1. The summed E-state index contributed by atoms with van der Waals surface area (Å²) in [6, 6.07) is 9.97. The maximum atomic E-state index is 11.6. The van der Waals surface area contributed by atoms with Gasteiger partial charge in [0.05, 0.1) is 12.6 Å². The summed E-state index contributed by atoms with van der Waals surface area (Å²) in [4.78, 5) is 13.3. The van der Waals surface area contributed by atoms with Gasteiger partial charge in [-0.2, -0.15) is 0 Å². The quantitative estimate of drug-likeness (QED) is 0.728. The molecule has 0 bridgehead atoms. The van der Waals surface area contributed by atoms with E-state index in [2.05, 4.69) is 6.58 Å². The second-order valence-electron chi connectivity index (χ2n) is 3.90. The predicted octanol–water partition coefficient (Wildman–Crippen LogP) is 2.75. The SMILES string of the molecule is C=C[C@H]1CN([C@@H](C)c2ccccc2)C(=O)O1. The molecule has 84 valence electrons. The van der Waals surface area contributed by atoms with Gasteiger partial charge in [-0.3, -0.25) is 4.90 Å². The number of nitrogens with zero attached hydrogens (tertiary/aromatic N) is 1. The third-order valence-electron chi connectivity index (χ3n) is 2.88. The lowest BCUT2D eigenvalue weighted by atomic mass is 10.1. The van der Waals surface area contributed by atoms with Crippen molar-refractivity contribution in [3.8, 4) is 0 Å². The molecule has 0 saturated carbocycles. The Morgan fingerprint density at radius 1 is 1.50 bits per heavy atom. The van der Waals surface area contributed by atoms with Crippen LogP contribution in [0.4, 0.5) is 4.79 Å². The molecule has 3 nitrogen and oxygen atoms in total. The highest BCUT2D eigenvalue weighted by Crippen LogP contribution is 2.25. The molecule has 1 aliphatic rings. The molecule has 1 saturated heterocycles. The van der Waals surface area contributed by atoms with Crippen molar-refractivity contribution >= 4 is 6.09 Å². The molecule has 2 rings (SSSR count). The number of cyclic esters (lactones) is 1. The molecule has 0 aromatic heterocycles. The first kappa shape index (κ1) is 10.7. The van der Waals surface area contributed by atoms with Crippen molar-refractivity contribution in [2.24, 2.45) is 0 Å². The van der Waals surface area contributed by atoms with Crippen molar-refractivity contribution in [3.63, 3.8) is 0 Å². The Kier molecular flexibility index (Phi) is 2.95. The van der Waals surface area contributed by atoms with Gasteiger partial charge in [-0.05, 0) is 18.6 Å². The van der Waals surface area contributed by atoms with Gasteiger partial charge in [-0.15, -0.1) is 0 Å². The summed E-state index contributed by atoms with van der Waals surface area (Å²) < 4.78 is 5.13. The Morgan fingerprint density at radius 2 is 2.19 bits per heavy atom. The lowest BCUT2D eigenvalue weighted by molar-refractivity contribution is 0.139. The Balaban J connectivity index is 2.14. The Morgan fingerprint density at radius 3 is 2.75 bits per heavy atom. The Labute approximate surface area is 95.3 Å². The molecule has 1 aromatic rings. The zero-order valence-electron chi connectivity index (χ0n) is 9.30. The Hall–Kier alpha value is -1.77. The monoisotopic (exact) mass is 217 g/mol. The number of amides is 1. The normalized spacial score (nSPS) is 21.7. The minimum absolute atomic E-state index is 0.0404. The first-order chi connectivity index (χ1) is 7.72. The molecule has 1 amide bonds. The summed E-state index contributed by atoms with van der Waals surface area (Å²) in [5, 5.41) is 0. The highest BCUT2D eigenvalue weighted by molar-refractivity contribution is 5.71. The molecule has 1 aliphatic heterocycles. The van der Waals surface area contributed by atoms with Crippen molar-refractivity contribution in [3.05, 3.63) is 48.6 Å². The molecule has 3 heteroatoms. The molecule has 1 aromatic carbocycles. The first-order valence-electron chi connectivity index (χ1n) is 5.37. The summed E-state index contributed by atoms with van der Waals surface area (Å²) in [6.45, 7) is 6.22. The van der Waals surface area contributed by atoms with Crippen LogP contribution in [0.15, 0.2) is 43.0 Å². The van der Waals surface area contributed by atoms with Gasteiger partial charge >= 0.3 is 6.09 Å². The van der Waals surface area contributed by atoms with Gasteiger partial charge in [0, 0.05) is 0 Å². The van der Waals surface area contributed by atoms with E-state index in [0.29, 0.717) is 6.54 Å². The van der Waals surface area contributed by atoms with E-state index < -0.39 is 0 Å². The van der Waals surface area contributed by atoms with E-state index in [-0.39, 0.29) is 18.2 Å². The fourth-order valence-electron chi connectivity index (χ4n) is 1.85. The van der Waals surface area contributed by atoms with E-state index >= 15 is 0 Å². The van der Waals surface area contributed by atoms with Crippen molar-refractivity contribution in [1.82, 2.24) is 4.90 Å². The van der Waals surface area contributed by atoms with E-state index in [4.69, 9.17) is 4.74 Å². The molecule has 2 atom stereocenters. The van der Waals surface area contributed by atoms with Crippen LogP contribution in [0, 0.1) is 0 Å². The Bertz CT molecular complexity index is 388. The average molecular weight is 217 g/mol. The molecule has 0 spiro atoms. The predicted molar refractivity (Wildman–Crippen MR) is 62.0 cm³/mol. The van der Waals surface area contributed by atoms with Gasteiger partial charge in [0.1, 0.15) is 6.10 Å². The van der Waals surface area contributed by atoms with E-state index in [9.17, 15) is 4.79 Å². The fraction of sp³-hybridized carbons (Fsp3) is 0.308. The fourth-order valence-corrected chi connectivity index (χ4v) is 1.85. The summed E-state index contributed by atoms with van der Waals surface area (Å²) in [7, 11) is 0. The smallest absolute Gasteiger partial charge is 0.411 e. The van der Waals surface area contributed by atoms with E-state index in [1.165, 1.54) is 0 Å². The van der Waals surface area contributed by atoms with Crippen LogP contribution in [-0.2, 0) is 4.74 Å². The zero-order valence-corrected chi connectivity index (χ0v) is 9.30.